The minimum absolute atomic E-state index is 0. The van der Waals surface area contributed by atoms with E-state index in [1.165, 1.54) is 12.8 Å². The van der Waals surface area contributed by atoms with Crippen LogP contribution < -0.4 is 16.4 Å². The normalized spacial score (nSPS) is 16.8. The van der Waals surface area contributed by atoms with Gasteiger partial charge in [-0.25, -0.2) is 0 Å². The van der Waals surface area contributed by atoms with Gasteiger partial charge in [0.15, 0.2) is 0 Å². The zero-order valence-corrected chi connectivity index (χ0v) is 15.4. The number of carbonyl (C=O) groups is 2. The van der Waals surface area contributed by atoms with Crippen LogP contribution >= 0.6 is 12.4 Å². The van der Waals surface area contributed by atoms with E-state index in [4.69, 9.17) is 5.73 Å². The van der Waals surface area contributed by atoms with Crippen molar-refractivity contribution in [1.82, 2.24) is 5.32 Å². The van der Waals surface area contributed by atoms with Gasteiger partial charge in [-0.1, -0.05) is 19.8 Å². The van der Waals surface area contributed by atoms with E-state index in [0.717, 1.165) is 24.1 Å². The van der Waals surface area contributed by atoms with Crippen LogP contribution in [0, 0.1) is 12.8 Å². The number of halogens is 1. The Labute approximate surface area is 150 Å². The van der Waals surface area contributed by atoms with Crippen LogP contribution in [0.2, 0.25) is 0 Å². The van der Waals surface area contributed by atoms with Crippen LogP contribution in [0.25, 0.3) is 0 Å². The molecule has 1 aromatic rings. The maximum atomic E-state index is 12.3. The molecule has 1 aromatic carbocycles. The molecule has 0 spiro atoms. The molecule has 1 fully saturated rings. The number of benzene rings is 1. The van der Waals surface area contributed by atoms with Crippen molar-refractivity contribution < 1.29 is 9.59 Å². The Bertz CT molecular complexity index is 584. The second-order valence-electron chi connectivity index (χ2n) is 6.62. The average molecular weight is 354 g/mol. The van der Waals surface area contributed by atoms with E-state index in [0.29, 0.717) is 11.6 Å². The first-order valence-corrected chi connectivity index (χ1v) is 8.36. The van der Waals surface area contributed by atoms with Crippen LogP contribution in [-0.2, 0) is 4.79 Å². The summed E-state index contributed by atoms with van der Waals surface area (Å²) in [6, 6.07) is 5.45. The van der Waals surface area contributed by atoms with Gasteiger partial charge < -0.3 is 16.4 Å². The van der Waals surface area contributed by atoms with Crippen molar-refractivity contribution in [1.29, 1.82) is 0 Å². The van der Waals surface area contributed by atoms with E-state index in [1.807, 2.05) is 19.9 Å². The minimum Gasteiger partial charge on any atom is -0.349 e. The summed E-state index contributed by atoms with van der Waals surface area (Å²) in [5, 5.41) is 5.95. The van der Waals surface area contributed by atoms with Gasteiger partial charge in [-0.05, 0) is 50.5 Å². The summed E-state index contributed by atoms with van der Waals surface area (Å²) in [4.78, 5) is 24.4. The van der Waals surface area contributed by atoms with Crippen LogP contribution in [0.3, 0.4) is 0 Å². The molecule has 134 valence electrons. The highest BCUT2D eigenvalue weighted by Gasteiger charge is 2.20. The van der Waals surface area contributed by atoms with Gasteiger partial charge in [-0.3, -0.25) is 9.59 Å². The predicted molar refractivity (Wildman–Crippen MR) is 99.6 cm³/mol. The van der Waals surface area contributed by atoms with Gasteiger partial charge in [-0.15, -0.1) is 12.4 Å². The van der Waals surface area contributed by atoms with Crippen LogP contribution in [-0.4, -0.2) is 23.9 Å². The third-order valence-electron chi connectivity index (χ3n) is 4.64. The molecule has 0 radical (unpaired) electrons. The number of amides is 2. The highest BCUT2D eigenvalue weighted by Crippen LogP contribution is 2.20. The number of nitrogens with one attached hydrogen (secondary N) is 2. The topological polar surface area (TPSA) is 84.2 Å². The summed E-state index contributed by atoms with van der Waals surface area (Å²) in [6.45, 7) is 5.50. The molecule has 2 rings (SSSR count). The van der Waals surface area contributed by atoms with E-state index in [9.17, 15) is 9.59 Å². The van der Waals surface area contributed by atoms with Gasteiger partial charge >= 0.3 is 0 Å². The Kier molecular flexibility index (Phi) is 7.70. The molecule has 1 aliphatic rings. The van der Waals surface area contributed by atoms with Crippen LogP contribution in [0.15, 0.2) is 18.2 Å². The molecule has 1 saturated carbocycles. The second kappa shape index (κ2) is 9.04. The Morgan fingerprint density at radius 1 is 1.21 bits per heavy atom. The first-order valence-electron chi connectivity index (χ1n) is 8.36. The molecular formula is C18H28ClN3O2. The number of hydrogen-bond acceptors (Lipinski definition) is 3. The van der Waals surface area contributed by atoms with Crippen molar-refractivity contribution in [2.24, 2.45) is 11.7 Å². The first-order chi connectivity index (χ1) is 10.9. The van der Waals surface area contributed by atoms with Crippen molar-refractivity contribution in [2.45, 2.75) is 58.5 Å². The number of anilines is 1. The molecule has 0 aromatic heterocycles. The van der Waals surface area contributed by atoms with Crippen molar-refractivity contribution >= 4 is 29.9 Å². The quantitative estimate of drug-likeness (QED) is 0.760. The number of rotatable bonds is 5. The monoisotopic (exact) mass is 353 g/mol. The number of carbonyl (C=O) groups excluding carboxylic acids is 2. The fourth-order valence-electron chi connectivity index (χ4n) is 2.77. The highest BCUT2D eigenvalue weighted by molar-refractivity contribution is 5.97. The van der Waals surface area contributed by atoms with Crippen LogP contribution in [0.1, 0.15) is 55.5 Å². The Morgan fingerprint density at radius 3 is 2.38 bits per heavy atom. The van der Waals surface area contributed by atoms with Crippen LogP contribution in [0.4, 0.5) is 5.69 Å². The van der Waals surface area contributed by atoms with E-state index in [2.05, 4.69) is 10.6 Å². The fourth-order valence-corrected chi connectivity index (χ4v) is 2.77. The molecule has 5 nitrogen and oxygen atoms in total. The van der Waals surface area contributed by atoms with Crippen molar-refractivity contribution in [3.63, 3.8) is 0 Å². The molecule has 0 saturated heterocycles. The summed E-state index contributed by atoms with van der Waals surface area (Å²) in [5.41, 5.74) is 7.98. The minimum atomic E-state index is -0.264. The van der Waals surface area contributed by atoms with E-state index in [1.54, 1.807) is 19.1 Å². The van der Waals surface area contributed by atoms with Gasteiger partial charge in [0, 0.05) is 23.3 Å². The number of hydrogen-bond donors (Lipinski definition) is 3. The zero-order valence-electron chi connectivity index (χ0n) is 14.6. The van der Waals surface area contributed by atoms with Crippen molar-refractivity contribution in [3.8, 4) is 0 Å². The standard InChI is InChI=1S/C18H27N3O2.ClH/c1-11-10-14(18(23)20-15-6-4-5-7-15)8-9-16(11)21-17(22)12(2)13(3)19;/h8-10,12-13,15H,4-7,19H2,1-3H3,(H,20,23)(H,21,22);1H. The van der Waals surface area contributed by atoms with E-state index >= 15 is 0 Å². The smallest absolute Gasteiger partial charge is 0.251 e. The summed E-state index contributed by atoms with van der Waals surface area (Å²) in [7, 11) is 0. The zero-order chi connectivity index (χ0) is 17.0. The average Bonchev–Trinajstić information content (AvgIpc) is 3.01. The summed E-state index contributed by atoms with van der Waals surface area (Å²) < 4.78 is 0. The third-order valence-corrected chi connectivity index (χ3v) is 4.64. The summed E-state index contributed by atoms with van der Waals surface area (Å²) in [5.74, 6) is -0.409. The first kappa shape index (κ1) is 20.5. The molecule has 4 N–H and O–H groups in total. The lowest BCUT2D eigenvalue weighted by atomic mass is 10.0. The van der Waals surface area contributed by atoms with Crippen LogP contribution in [0.5, 0.6) is 0 Å². The number of aryl methyl sites for hydroxylation is 1. The van der Waals surface area contributed by atoms with Crippen molar-refractivity contribution in [3.05, 3.63) is 29.3 Å². The largest absolute Gasteiger partial charge is 0.349 e. The summed E-state index contributed by atoms with van der Waals surface area (Å²) >= 11 is 0. The van der Waals surface area contributed by atoms with E-state index < -0.39 is 0 Å². The maximum Gasteiger partial charge on any atom is 0.251 e. The molecule has 1 aliphatic carbocycles. The van der Waals surface area contributed by atoms with Gasteiger partial charge in [-0.2, -0.15) is 0 Å². The lowest BCUT2D eigenvalue weighted by Gasteiger charge is -2.17. The molecule has 0 bridgehead atoms. The molecule has 0 aliphatic heterocycles. The highest BCUT2D eigenvalue weighted by atomic mass is 35.5. The van der Waals surface area contributed by atoms with Gasteiger partial charge in [0.1, 0.15) is 0 Å². The van der Waals surface area contributed by atoms with Crippen molar-refractivity contribution in [2.75, 3.05) is 5.32 Å². The lowest BCUT2D eigenvalue weighted by Crippen LogP contribution is -2.34. The molecule has 2 atom stereocenters. The predicted octanol–water partition coefficient (Wildman–Crippen LogP) is 3.01. The Hall–Kier alpha value is -1.59. The molecule has 2 unspecified atom stereocenters. The molecular weight excluding hydrogens is 326 g/mol. The third kappa shape index (κ3) is 5.21. The lowest BCUT2D eigenvalue weighted by molar-refractivity contribution is -0.119. The van der Waals surface area contributed by atoms with E-state index in [-0.39, 0.29) is 36.2 Å². The SMILES string of the molecule is Cc1cc(C(=O)NC2CCCC2)ccc1NC(=O)C(C)C(C)N.Cl. The maximum absolute atomic E-state index is 12.3. The van der Waals surface area contributed by atoms with Gasteiger partial charge in [0.2, 0.25) is 5.91 Å². The second-order valence-corrected chi connectivity index (χ2v) is 6.62. The van der Waals surface area contributed by atoms with Gasteiger partial charge in [0.25, 0.3) is 5.91 Å². The molecule has 24 heavy (non-hydrogen) atoms. The van der Waals surface area contributed by atoms with Gasteiger partial charge in [0.05, 0.1) is 5.92 Å². The number of nitrogens with two attached hydrogens (primary N) is 1. The Morgan fingerprint density at radius 2 is 1.83 bits per heavy atom. The molecule has 6 heteroatoms. The molecule has 0 heterocycles. The molecule has 2 amide bonds. The Balaban J connectivity index is 0.00000288. The summed E-state index contributed by atoms with van der Waals surface area (Å²) in [6.07, 6.45) is 4.50. The fraction of sp³-hybridized carbons (Fsp3) is 0.556.